The van der Waals surface area contributed by atoms with Crippen molar-refractivity contribution in [2.75, 3.05) is 42.8 Å². The van der Waals surface area contributed by atoms with Gasteiger partial charge < -0.3 is 20.7 Å². The lowest BCUT2D eigenvalue weighted by Gasteiger charge is -2.25. The Hall–Kier alpha value is -3.56. The van der Waals surface area contributed by atoms with E-state index in [2.05, 4.69) is 10.3 Å². The summed E-state index contributed by atoms with van der Waals surface area (Å²) < 4.78 is 6.36. The molecule has 0 saturated heterocycles. The number of H-pyrrole nitrogens is 1. The molecular formula is C24H28ClN5O4. The Morgan fingerprint density at radius 1 is 1.21 bits per heavy atom. The summed E-state index contributed by atoms with van der Waals surface area (Å²) in [5.41, 5.74) is 7.32. The zero-order valence-electron chi connectivity index (χ0n) is 19.1. The molecule has 0 saturated carbocycles. The molecule has 3 aromatic rings. The minimum Gasteiger partial charge on any atom is -0.385 e. The molecule has 1 aromatic heterocycles. The number of amides is 1. The van der Waals surface area contributed by atoms with E-state index < -0.39 is 11.2 Å². The number of hydrogen-bond donors (Lipinski definition) is 3. The Bertz CT molecular complexity index is 1260. The lowest BCUT2D eigenvalue weighted by atomic mass is 10.2. The van der Waals surface area contributed by atoms with E-state index in [1.165, 1.54) is 9.47 Å². The number of nitrogens with zero attached hydrogens (tertiary/aromatic N) is 2. The van der Waals surface area contributed by atoms with Gasteiger partial charge >= 0.3 is 5.69 Å². The van der Waals surface area contributed by atoms with Gasteiger partial charge in [-0.1, -0.05) is 41.9 Å². The molecule has 0 aliphatic rings. The van der Waals surface area contributed by atoms with Gasteiger partial charge in [-0.2, -0.15) is 0 Å². The maximum absolute atomic E-state index is 13.2. The Morgan fingerprint density at radius 3 is 2.62 bits per heavy atom. The van der Waals surface area contributed by atoms with Crippen molar-refractivity contribution in [1.82, 2.24) is 9.55 Å². The molecular weight excluding hydrogens is 458 g/mol. The van der Waals surface area contributed by atoms with Crippen LogP contribution >= 0.6 is 11.6 Å². The highest BCUT2D eigenvalue weighted by atomic mass is 35.5. The molecule has 9 nitrogen and oxygen atoms in total. The number of nitrogens with two attached hydrogens (primary N) is 1. The lowest BCUT2D eigenvalue weighted by molar-refractivity contribution is -0.117. The molecule has 1 amide bonds. The van der Waals surface area contributed by atoms with Crippen molar-refractivity contribution in [2.24, 2.45) is 0 Å². The Morgan fingerprint density at radius 2 is 1.94 bits per heavy atom. The molecule has 4 N–H and O–H groups in total. The number of halogens is 1. The smallest absolute Gasteiger partial charge is 0.330 e. The summed E-state index contributed by atoms with van der Waals surface area (Å²) in [6.45, 7) is 2.50. The number of nitrogen functional groups attached to an aromatic ring is 1. The SMILES string of the molecule is COCCCN(C(=O)CNc1ccc(Cl)cc1C)c1c(N)n(Cc2ccccc2)c(=O)[nH]c1=O. The average Bonchev–Trinajstić information content (AvgIpc) is 2.80. The number of nitrogens with one attached hydrogen (secondary N) is 2. The van der Waals surface area contributed by atoms with Crippen LogP contribution in [0.25, 0.3) is 0 Å². The summed E-state index contributed by atoms with van der Waals surface area (Å²) in [6, 6.07) is 14.5. The fraction of sp³-hybridized carbons (Fsp3) is 0.292. The van der Waals surface area contributed by atoms with E-state index in [4.69, 9.17) is 22.1 Å². The van der Waals surface area contributed by atoms with Gasteiger partial charge in [-0.15, -0.1) is 0 Å². The van der Waals surface area contributed by atoms with Crippen LogP contribution in [0.4, 0.5) is 17.2 Å². The van der Waals surface area contributed by atoms with Gasteiger partial charge in [-0.25, -0.2) is 4.79 Å². The van der Waals surface area contributed by atoms with Crippen molar-refractivity contribution in [3.63, 3.8) is 0 Å². The maximum atomic E-state index is 13.2. The number of aromatic nitrogens is 2. The minimum atomic E-state index is -0.722. The summed E-state index contributed by atoms with van der Waals surface area (Å²) >= 11 is 6.01. The van der Waals surface area contributed by atoms with E-state index in [0.29, 0.717) is 18.1 Å². The quantitative estimate of drug-likeness (QED) is 0.379. The van der Waals surface area contributed by atoms with Gasteiger partial charge in [0.25, 0.3) is 5.56 Å². The highest BCUT2D eigenvalue weighted by Gasteiger charge is 2.24. The molecule has 3 rings (SSSR count). The van der Waals surface area contributed by atoms with E-state index in [-0.39, 0.29) is 37.0 Å². The zero-order chi connectivity index (χ0) is 24.7. The summed E-state index contributed by atoms with van der Waals surface area (Å²) in [7, 11) is 1.55. The van der Waals surface area contributed by atoms with Gasteiger partial charge in [0.1, 0.15) is 5.82 Å². The molecule has 180 valence electrons. The summed E-state index contributed by atoms with van der Waals surface area (Å²) in [6.07, 6.45) is 0.471. The largest absolute Gasteiger partial charge is 0.385 e. The second-order valence-electron chi connectivity index (χ2n) is 7.77. The van der Waals surface area contributed by atoms with Crippen LogP contribution in [0.2, 0.25) is 5.02 Å². The van der Waals surface area contributed by atoms with E-state index in [1.54, 1.807) is 25.3 Å². The van der Waals surface area contributed by atoms with Gasteiger partial charge in [-0.05, 0) is 42.7 Å². The van der Waals surface area contributed by atoms with E-state index in [9.17, 15) is 14.4 Å². The zero-order valence-corrected chi connectivity index (χ0v) is 19.9. The number of anilines is 3. The molecule has 0 aliphatic carbocycles. The predicted molar refractivity (Wildman–Crippen MR) is 135 cm³/mol. The molecule has 0 atom stereocenters. The first-order chi connectivity index (χ1) is 16.3. The third kappa shape index (κ3) is 6.06. The number of methoxy groups -OCH3 is 1. The Balaban J connectivity index is 1.94. The number of benzene rings is 2. The van der Waals surface area contributed by atoms with Crippen LogP contribution in [-0.2, 0) is 16.1 Å². The molecule has 34 heavy (non-hydrogen) atoms. The van der Waals surface area contributed by atoms with Crippen molar-refractivity contribution < 1.29 is 9.53 Å². The third-order valence-electron chi connectivity index (χ3n) is 5.32. The minimum absolute atomic E-state index is 0.0636. The maximum Gasteiger partial charge on any atom is 0.330 e. The number of carbonyl (C=O) groups is 1. The summed E-state index contributed by atoms with van der Waals surface area (Å²) in [4.78, 5) is 42.2. The standard InChI is InChI=1S/C24H28ClN5O4/c1-16-13-18(25)9-10-19(16)27-14-20(31)29(11-6-12-34-2)21-22(26)30(24(33)28-23(21)32)15-17-7-4-3-5-8-17/h3-5,7-10,13,27H,6,11-12,14-15,26H2,1-2H3,(H,28,32,33). The van der Waals surface area contributed by atoms with Crippen LogP contribution < -0.4 is 27.2 Å². The number of ether oxygens (including phenoxy) is 1. The van der Waals surface area contributed by atoms with Gasteiger partial charge in [0.2, 0.25) is 5.91 Å². The first-order valence-electron chi connectivity index (χ1n) is 10.8. The topological polar surface area (TPSA) is 122 Å². The van der Waals surface area contributed by atoms with E-state index in [1.807, 2.05) is 37.3 Å². The monoisotopic (exact) mass is 485 g/mol. The Labute approximate surface area is 202 Å². The molecule has 2 aromatic carbocycles. The van der Waals surface area contributed by atoms with Crippen LogP contribution in [0.1, 0.15) is 17.5 Å². The molecule has 0 spiro atoms. The third-order valence-corrected chi connectivity index (χ3v) is 5.55. The highest BCUT2D eigenvalue weighted by molar-refractivity contribution is 6.30. The van der Waals surface area contributed by atoms with Gasteiger partial charge in [0.15, 0.2) is 5.69 Å². The molecule has 0 fully saturated rings. The summed E-state index contributed by atoms with van der Waals surface area (Å²) in [5.74, 6) is -0.460. The van der Waals surface area contributed by atoms with Crippen LogP contribution in [0.15, 0.2) is 58.1 Å². The lowest BCUT2D eigenvalue weighted by Crippen LogP contribution is -2.44. The second-order valence-corrected chi connectivity index (χ2v) is 8.21. The van der Waals surface area contributed by atoms with E-state index in [0.717, 1.165) is 16.8 Å². The van der Waals surface area contributed by atoms with Crippen LogP contribution in [0, 0.1) is 6.92 Å². The fourth-order valence-corrected chi connectivity index (χ4v) is 3.81. The van der Waals surface area contributed by atoms with Crippen LogP contribution in [0.5, 0.6) is 0 Å². The number of aromatic amines is 1. The van der Waals surface area contributed by atoms with Crippen molar-refractivity contribution in [3.8, 4) is 0 Å². The van der Waals surface area contributed by atoms with Gasteiger partial charge in [0, 0.05) is 31.0 Å². The first-order valence-corrected chi connectivity index (χ1v) is 11.2. The van der Waals surface area contributed by atoms with Crippen molar-refractivity contribution in [3.05, 3.63) is 85.5 Å². The molecule has 0 radical (unpaired) electrons. The average molecular weight is 486 g/mol. The van der Waals surface area contributed by atoms with Crippen molar-refractivity contribution >= 4 is 34.7 Å². The Kier molecular flexibility index (Phi) is 8.50. The molecule has 1 heterocycles. The number of hydrogen-bond acceptors (Lipinski definition) is 6. The van der Waals surface area contributed by atoms with Gasteiger partial charge in [0.05, 0.1) is 13.1 Å². The fourth-order valence-electron chi connectivity index (χ4n) is 3.58. The number of rotatable bonds is 10. The highest BCUT2D eigenvalue weighted by Crippen LogP contribution is 2.21. The molecule has 10 heteroatoms. The van der Waals surface area contributed by atoms with E-state index >= 15 is 0 Å². The normalized spacial score (nSPS) is 10.8. The number of aryl methyl sites for hydroxylation is 1. The van der Waals surface area contributed by atoms with Crippen LogP contribution in [0.3, 0.4) is 0 Å². The van der Waals surface area contributed by atoms with Crippen molar-refractivity contribution in [2.45, 2.75) is 19.9 Å². The van der Waals surface area contributed by atoms with Crippen LogP contribution in [-0.4, -0.2) is 42.3 Å². The molecule has 0 bridgehead atoms. The second kappa shape index (κ2) is 11.5. The van der Waals surface area contributed by atoms with Crippen molar-refractivity contribution in [1.29, 1.82) is 0 Å². The first kappa shape index (κ1) is 25.1. The molecule has 0 aliphatic heterocycles. The van der Waals surface area contributed by atoms with Gasteiger partial charge in [-0.3, -0.25) is 19.1 Å². The number of carbonyl (C=O) groups excluding carboxylic acids is 1. The predicted octanol–water partition coefficient (Wildman–Crippen LogP) is 2.61. The summed E-state index contributed by atoms with van der Waals surface area (Å²) in [5, 5.41) is 3.68. The molecule has 0 unspecified atom stereocenters.